The SMILES string of the molecule is O=C(Nc1c(Br)cccc1Br)N[C@@H](CO)C(=O)O. The van der Waals surface area contributed by atoms with Crippen LogP contribution in [0.1, 0.15) is 0 Å². The van der Waals surface area contributed by atoms with Crippen LogP contribution in [0.5, 0.6) is 0 Å². The molecule has 6 nitrogen and oxygen atoms in total. The summed E-state index contributed by atoms with van der Waals surface area (Å²) in [7, 11) is 0. The minimum absolute atomic E-state index is 0.470. The van der Waals surface area contributed by atoms with Gasteiger partial charge in [-0.1, -0.05) is 6.07 Å². The first-order valence-corrected chi connectivity index (χ1v) is 6.39. The van der Waals surface area contributed by atoms with E-state index in [0.29, 0.717) is 14.6 Å². The molecule has 98 valence electrons. The van der Waals surface area contributed by atoms with Gasteiger partial charge in [0.05, 0.1) is 12.3 Å². The lowest BCUT2D eigenvalue weighted by Gasteiger charge is -2.14. The van der Waals surface area contributed by atoms with E-state index >= 15 is 0 Å². The second kappa shape index (κ2) is 6.72. The van der Waals surface area contributed by atoms with Crippen molar-refractivity contribution < 1.29 is 19.8 Å². The maximum Gasteiger partial charge on any atom is 0.328 e. The smallest absolute Gasteiger partial charge is 0.328 e. The fourth-order valence-electron chi connectivity index (χ4n) is 1.11. The summed E-state index contributed by atoms with van der Waals surface area (Å²) >= 11 is 6.50. The van der Waals surface area contributed by atoms with Crippen molar-refractivity contribution in [2.75, 3.05) is 11.9 Å². The molecule has 1 rings (SSSR count). The predicted octanol–water partition coefficient (Wildman–Crippen LogP) is 1.78. The number of carboxylic acid groups (broad SMARTS) is 1. The summed E-state index contributed by atoms with van der Waals surface area (Å²) < 4.78 is 1.28. The standard InChI is InChI=1S/C10H10Br2N2O4/c11-5-2-1-3-6(12)8(5)14-10(18)13-7(4-15)9(16)17/h1-3,7,15H,4H2,(H,16,17)(H2,13,14,18)/t7-/m0/s1. The van der Waals surface area contributed by atoms with Crippen LogP contribution in [0.25, 0.3) is 0 Å². The van der Waals surface area contributed by atoms with Gasteiger partial charge in [0.2, 0.25) is 0 Å². The van der Waals surface area contributed by atoms with Crippen LogP contribution >= 0.6 is 31.9 Å². The largest absolute Gasteiger partial charge is 0.480 e. The van der Waals surface area contributed by atoms with Crippen LogP contribution in [0.15, 0.2) is 27.1 Å². The number of nitrogens with one attached hydrogen (secondary N) is 2. The second-order valence-corrected chi connectivity index (χ2v) is 4.98. The third-order valence-electron chi connectivity index (χ3n) is 1.99. The Morgan fingerprint density at radius 1 is 1.28 bits per heavy atom. The van der Waals surface area contributed by atoms with Crippen molar-refractivity contribution >= 4 is 49.5 Å². The summed E-state index contributed by atoms with van der Waals surface area (Å²) in [5, 5.41) is 22.1. The quantitative estimate of drug-likeness (QED) is 0.638. The molecule has 0 aliphatic carbocycles. The molecule has 4 N–H and O–H groups in total. The number of amides is 2. The summed E-state index contributed by atoms with van der Waals surface area (Å²) in [4.78, 5) is 22.2. The lowest BCUT2D eigenvalue weighted by Crippen LogP contribution is -2.45. The number of aliphatic hydroxyl groups is 1. The summed E-state index contributed by atoms with van der Waals surface area (Å²) in [5.74, 6) is -1.31. The molecule has 1 aromatic carbocycles. The monoisotopic (exact) mass is 380 g/mol. The van der Waals surface area contributed by atoms with Crippen LogP contribution in [0, 0.1) is 0 Å². The molecule has 0 heterocycles. The van der Waals surface area contributed by atoms with Crippen molar-refractivity contribution in [1.29, 1.82) is 0 Å². The van der Waals surface area contributed by atoms with Gasteiger partial charge in [0.25, 0.3) is 0 Å². The number of hydrogen-bond donors (Lipinski definition) is 4. The number of carbonyl (C=O) groups is 2. The highest BCUT2D eigenvalue weighted by Gasteiger charge is 2.19. The van der Waals surface area contributed by atoms with Crippen molar-refractivity contribution in [3.8, 4) is 0 Å². The maximum absolute atomic E-state index is 11.6. The van der Waals surface area contributed by atoms with E-state index in [2.05, 4.69) is 42.5 Å². The third-order valence-corrected chi connectivity index (χ3v) is 3.31. The lowest BCUT2D eigenvalue weighted by atomic mass is 10.3. The van der Waals surface area contributed by atoms with Gasteiger partial charge in [-0.15, -0.1) is 0 Å². The average Bonchev–Trinajstić information content (AvgIpc) is 2.30. The predicted molar refractivity (Wildman–Crippen MR) is 72.5 cm³/mol. The fourth-order valence-corrected chi connectivity index (χ4v) is 2.31. The van der Waals surface area contributed by atoms with Crippen LogP contribution in [-0.4, -0.2) is 34.9 Å². The van der Waals surface area contributed by atoms with Crippen LogP contribution in [0.4, 0.5) is 10.5 Å². The van der Waals surface area contributed by atoms with E-state index in [0.717, 1.165) is 0 Å². The second-order valence-electron chi connectivity index (χ2n) is 3.27. The molecule has 0 aliphatic heterocycles. The van der Waals surface area contributed by atoms with Crippen molar-refractivity contribution in [1.82, 2.24) is 5.32 Å². The molecule has 18 heavy (non-hydrogen) atoms. The molecular formula is C10H10Br2N2O4. The molecule has 0 spiro atoms. The summed E-state index contributed by atoms with van der Waals surface area (Å²) in [6, 6.07) is 3.16. The molecule has 0 radical (unpaired) electrons. The van der Waals surface area contributed by atoms with E-state index in [9.17, 15) is 9.59 Å². The van der Waals surface area contributed by atoms with E-state index in [1.807, 2.05) is 0 Å². The number of benzene rings is 1. The van der Waals surface area contributed by atoms with Crippen molar-refractivity contribution in [3.05, 3.63) is 27.1 Å². The van der Waals surface area contributed by atoms with Gasteiger partial charge in [-0.05, 0) is 44.0 Å². The highest BCUT2D eigenvalue weighted by Crippen LogP contribution is 2.30. The molecule has 8 heteroatoms. The van der Waals surface area contributed by atoms with Crippen LogP contribution in [0.3, 0.4) is 0 Å². The number of para-hydroxylation sites is 1. The number of hydrogen-bond acceptors (Lipinski definition) is 3. The Bertz CT molecular complexity index is 447. The van der Waals surface area contributed by atoms with E-state index in [1.165, 1.54) is 0 Å². The van der Waals surface area contributed by atoms with Gasteiger partial charge in [0, 0.05) is 8.95 Å². The Hall–Kier alpha value is -1.12. The Labute approximate surface area is 120 Å². The Morgan fingerprint density at radius 2 is 1.83 bits per heavy atom. The van der Waals surface area contributed by atoms with E-state index in [4.69, 9.17) is 10.2 Å². The molecule has 0 fully saturated rings. The van der Waals surface area contributed by atoms with Gasteiger partial charge >= 0.3 is 12.0 Å². The summed E-state index contributed by atoms with van der Waals surface area (Å²) in [6.07, 6.45) is 0. The topological polar surface area (TPSA) is 98.7 Å². The Kier molecular flexibility index (Phi) is 5.57. The zero-order chi connectivity index (χ0) is 13.7. The molecule has 1 aromatic rings. The molecule has 0 aliphatic rings. The third kappa shape index (κ3) is 3.97. The molecule has 0 aromatic heterocycles. The van der Waals surface area contributed by atoms with E-state index in [1.54, 1.807) is 18.2 Å². The summed E-state index contributed by atoms with van der Waals surface area (Å²) in [6.45, 7) is -0.681. The van der Waals surface area contributed by atoms with E-state index < -0.39 is 24.6 Å². The first-order valence-electron chi connectivity index (χ1n) is 4.81. The molecule has 0 bridgehead atoms. The van der Waals surface area contributed by atoms with Crippen molar-refractivity contribution in [2.45, 2.75) is 6.04 Å². The molecule has 0 unspecified atom stereocenters. The molecule has 0 saturated carbocycles. The normalized spacial score (nSPS) is 11.7. The lowest BCUT2D eigenvalue weighted by molar-refractivity contribution is -0.140. The highest BCUT2D eigenvalue weighted by atomic mass is 79.9. The number of halogens is 2. The van der Waals surface area contributed by atoms with Gasteiger partial charge in [-0.2, -0.15) is 0 Å². The zero-order valence-electron chi connectivity index (χ0n) is 8.98. The minimum atomic E-state index is -1.34. The number of carbonyl (C=O) groups excluding carboxylic acids is 1. The first kappa shape index (κ1) is 14.9. The van der Waals surface area contributed by atoms with Gasteiger partial charge in [0.15, 0.2) is 6.04 Å². The van der Waals surface area contributed by atoms with E-state index in [-0.39, 0.29) is 0 Å². The minimum Gasteiger partial charge on any atom is -0.480 e. The number of anilines is 1. The Morgan fingerprint density at radius 3 is 2.28 bits per heavy atom. The molecule has 1 atom stereocenters. The molecule has 2 amide bonds. The number of rotatable bonds is 4. The number of urea groups is 1. The average molecular weight is 382 g/mol. The number of aliphatic hydroxyl groups excluding tert-OH is 1. The van der Waals surface area contributed by atoms with Crippen LogP contribution < -0.4 is 10.6 Å². The van der Waals surface area contributed by atoms with Crippen molar-refractivity contribution in [3.63, 3.8) is 0 Å². The zero-order valence-corrected chi connectivity index (χ0v) is 12.2. The molecular weight excluding hydrogens is 372 g/mol. The fraction of sp³-hybridized carbons (Fsp3) is 0.200. The van der Waals surface area contributed by atoms with Gasteiger partial charge < -0.3 is 20.8 Å². The van der Waals surface area contributed by atoms with Crippen LogP contribution in [-0.2, 0) is 4.79 Å². The maximum atomic E-state index is 11.6. The Balaban J connectivity index is 2.73. The van der Waals surface area contributed by atoms with Gasteiger partial charge in [-0.3, -0.25) is 0 Å². The molecule has 0 saturated heterocycles. The summed E-state index contributed by atoms with van der Waals surface area (Å²) in [5.41, 5.74) is 0.470. The number of carboxylic acids is 1. The van der Waals surface area contributed by atoms with Gasteiger partial charge in [0.1, 0.15) is 0 Å². The number of aliphatic carboxylic acids is 1. The highest BCUT2D eigenvalue weighted by molar-refractivity contribution is 9.11. The van der Waals surface area contributed by atoms with Crippen molar-refractivity contribution in [2.24, 2.45) is 0 Å². The van der Waals surface area contributed by atoms with Gasteiger partial charge in [-0.25, -0.2) is 9.59 Å². The first-order chi connectivity index (χ1) is 8.45. The van der Waals surface area contributed by atoms with Crippen LogP contribution in [0.2, 0.25) is 0 Å².